The van der Waals surface area contributed by atoms with Gasteiger partial charge in [0.15, 0.2) is 11.6 Å². The second-order valence-electron chi connectivity index (χ2n) is 4.11. The summed E-state index contributed by atoms with van der Waals surface area (Å²) >= 11 is 0. The summed E-state index contributed by atoms with van der Waals surface area (Å²) in [5.41, 5.74) is 0. The highest BCUT2D eigenvalue weighted by atomic mass is 19.2. The van der Waals surface area contributed by atoms with Crippen LogP contribution >= 0.6 is 0 Å². The molecule has 0 aliphatic carbocycles. The van der Waals surface area contributed by atoms with Crippen molar-refractivity contribution in [2.75, 3.05) is 13.2 Å². The minimum atomic E-state index is -0.906. The van der Waals surface area contributed by atoms with Crippen LogP contribution in [0.5, 0.6) is 5.75 Å². The number of benzene rings is 1. The summed E-state index contributed by atoms with van der Waals surface area (Å²) in [5.74, 6) is 0.255. The Morgan fingerprint density at radius 2 is 2.00 bits per heavy atom. The largest absolute Gasteiger partial charge is 0.492 e. The zero-order valence-corrected chi connectivity index (χ0v) is 10.6. The van der Waals surface area contributed by atoms with E-state index in [1.54, 1.807) is 0 Å². The first-order valence-electron chi connectivity index (χ1n) is 5.99. The molecule has 0 atom stereocenters. The molecule has 0 radical (unpaired) electrons. The van der Waals surface area contributed by atoms with E-state index in [0.29, 0.717) is 25.4 Å². The highest BCUT2D eigenvalue weighted by Gasteiger charge is 2.03. The van der Waals surface area contributed by atoms with Crippen molar-refractivity contribution in [3.8, 4) is 5.75 Å². The normalized spacial score (nSPS) is 10.7. The van der Waals surface area contributed by atoms with Crippen LogP contribution in [0, 0.1) is 18.6 Å². The molecule has 5 heteroatoms. The van der Waals surface area contributed by atoms with Crippen LogP contribution in [0.4, 0.5) is 8.78 Å². The molecule has 0 saturated carbocycles. The van der Waals surface area contributed by atoms with Crippen LogP contribution in [0.25, 0.3) is 0 Å². The Kier molecular flexibility index (Phi) is 4.52. The standard InChI is InChI=1S/C14H15F2NO2/c1-10-2-3-12(19-10)9-17-6-7-18-11-4-5-13(15)14(16)8-11/h2-5,8,17H,6-7,9H2,1H3. The lowest BCUT2D eigenvalue weighted by Gasteiger charge is -2.07. The number of furan rings is 1. The Hall–Kier alpha value is -1.88. The lowest BCUT2D eigenvalue weighted by molar-refractivity contribution is 0.308. The smallest absolute Gasteiger partial charge is 0.162 e. The third-order valence-electron chi connectivity index (χ3n) is 2.53. The Bertz CT molecular complexity index is 540. The van der Waals surface area contributed by atoms with E-state index in [-0.39, 0.29) is 0 Å². The number of hydrogen-bond donors (Lipinski definition) is 1. The van der Waals surface area contributed by atoms with Crippen molar-refractivity contribution in [2.24, 2.45) is 0 Å². The van der Waals surface area contributed by atoms with Crippen molar-refractivity contribution in [1.29, 1.82) is 0 Å². The second-order valence-corrected chi connectivity index (χ2v) is 4.11. The molecule has 0 aliphatic heterocycles. The number of hydrogen-bond acceptors (Lipinski definition) is 3. The summed E-state index contributed by atoms with van der Waals surface area (Å²) in [6.07, 6.45) is 0. The highest BCUT2D eigenvalue weighted by Crippen LogP contribution is 2.15. The van der Waals surface area contributed by atoms with E-state index < -0.39 is 11.6 Å². The topological polar surface area (TPSA) is 34.4 Å². The summed E-state index contributed by atoms with van der Waals surface area (Å²) < 4.78 is 36.2. The first-order chi connectivity index (χ1) is 9.15. The van der Waals surface area contributed by atoms with Crippen LogP contribution < -0.4 is 10.1 Å². The number of ether oxygens (including phenoxy) is 1. The highest BCUT2D eigenvalue weighted by molar-refractivity contribution is 5.23. The van der Waals surface area contributed by atoms with E-state index in [1.165, 1.54) is 6.07 Å². The molecule has 1 aromatic heterocycles. The van der Waals surface area contributed by atoms with E-state index in [1.807, 2.05) is 19.1 Å². The average Bonchev–Trinajstić information content (AvgIpc) is 2.79. The van der Waals surface area contributed by atoms with Crippen molar-refractivity contribution in [3.63, 3.8) is 0 Å². The molecule has 1 heterocycles. The molecule has 1 aromatic carbocycles. The summed E-state index contributed by atoms with van der Waals surface area (Å²) in [4.78, 5) is 0. The monoisotopic (exact) mass is 267 g/mol. The lowest BCUT2D eigenvalue weighted by atomic mass is 10.3. The van der Waals surface area contributed by atoms with Gasteiger partial charge in [0.05, 0.1) is 6.54 Å². The fourth-order valence-electron chi connectivity index (χ4n) is 1.60. The molecule has 0 unspecified atom stereocenters. The zero-order valence-electron chi connectivity index (χ0n) is 10.6. The van der Waals surface area contributed by atoms with Gasteiger partial charge in [0.1, 0.15) is 23.9 Å². The van der Waals surface area contributed by atoms with Crippen LogP contribution in [0.2, 0.25) is 0 Å². The Labute approximate surface area is 110 Å². The molecule has 0 saturated heterocycles. The Balaban J connectivity index is 1.67. The molecular formula is C14H15F2NO2. The molecule has 0 spiro atoms. The molecule has 102 valence electrons. The van der Waals surface area contributed by atoms with Gasteiger partial charge >= 0.3 is 0 Å². The minimum absolute atomic E-state index is 0.314. The van der Waals surface area contributed by atoms with Crippen molar-refractivity contribution >= 4 is 0 Å². The zero-order chi connectivity index (χ0) is 13.7. The third-order valence-corrected chi connectivity index (χ3v) is 2.53. The van der Waals surface area contributed by atoms with Gasteiger partial charge in [-0.15, -0.1) is 0 Å². The molecule has 0 amide bonds. The van der Waals surface area contributed by atoms with Crippen molar-refractivity contribution < 1.29 is 17.9 Å². The number of halogens is 2. The van der Waals surface area contributed by atoms with Gasteiger partial charge in [-0.3, -0.25) is 0 Å². The van der Waals surface area contributed by atoms with E-state index in [2.05, 4.69) is 5.32 Å². The van der Waals surface area contributed by atoms with Crippen molar-refractivity contribution in [2.45, 2.75) is 13.5 Å². The molecule has 2 aromatic rings. The maximum atomic E-state index is 12.9. The SMILES string of the molecule is Cc1ccc(CNCCOc2ccc(F)c(F)c2)o1. The van der Waals surface area contributed by atoms with E-state index in [9.17, 15) is 8.78 Å². The minimum Gasteiger partial charge on any atom is -0.492 e. The van der Waals surface area contributed by atoms with Gasteiger partial charge in [0.25, 0.3) is 0 Å². The van der Waals surface area contributed by atoms with Gasteiger partial charge in [0, 0.05) is 12.6 Å². The lowest BCUT2D eigenvalue weighted by Crippen LogP contribution is -2.20. The molecule has 3 nitrogen and oxygen atoms in total. The van der Waals surface area contributed by atoms with Gasteiger partial charge in [-0.1, -0.05) is 0 Å². The Morgan fingerprint density at radius 3 is 2.68 bits per heavy atom. The quantitative estimate of drug-likeness (QED) is 0.817. The van der Waals surface area contributed by atoms with Crippen molar-refractivity contribution in [1.82, 2.24) is 5.32 Å². The van der Waals surface area contributed by atoms with Gasteiger partial charge < -0.3 is 14.5 Å². The van der Waals surface area contributed by atoms with Gasteiger partial charge in [-0.25, -0.2) is 8.78 Å². The Morgan fingerprint density at radius 1 is 1.16 bits per heavy atom. The number of nitrogens with one attached hydrogen (secondary N) is 1. The maximum Gasteiger partial charge on any atom is 0.162 e. The van der Waals surface area contributed by atoms with Crippen LogP contribution in [0.3, 0.4) is 0 Å². The molecule has 1 N–H and O–H groups in total. The van der Waals surface area contributed by atoms with Crippen molar-refractivity contribution in [3.05, 3.63) is 53.5 Å². The van der Waals surface area contributed by atoms with Crippen LogP contribution in [-0.4, -0.2) is 13.2 Å². The van der Waals surface area contributed by atoms with E-state index in [0.717, 1.165) is 23.7 Å². The third kappa shape index (κ3) is 4.06. The first-order valence-corrected chi connectivity index (χ1v) is 5.99. The van der Waals surface area contributed by atoms with Crippen LogP contribution in [0.1, 0.15) is 11.5 Å². The van der Waals surface area contributed by atoms with Crippen LogP contribution in [0.15, 0.2) is 34.7 Å². The molecule has 0 fully saturated rings. The molecule has 19 heavy (non-hydrogen) atoms. The first kappa shape index (κ1) is 13.5. The van der Waals surface area contributed by atoms with Gasteiger partial charge in [0.2, 0.25) is 0 Å². The number of rotatable bonds is 6. The summed E-state index contributed by atoms with van der Waals surface area (Å²) in [6, 6.07) is 7.27. The number of aryl methyl sites for hydroxylation is 1. The predicted molar refractivity (Wildman–Crippen MR) is 67.0 cm³/mol. The molecule has 0 aliphatic rings. The van der Waals surface area contributed by atoms with Crippen LogP contribution in [-0.2, 0) is 6.54 Å². The van der Waals surface area contributed by atoms with E-state index in [4.69, 9.17) is 9.15 Å². The van der Waals surface area contributed by atoms with Gasteiger partial charge in [-0.05, 0) is 31.2 Å². The fourth-order valence-corrected chi connectivity index (χ4v) is 1.60. The second kappa shape index (κ2) is 6.33. The summed E-state index contributed by atoms with van der Waals surface area (Å²) in [6.45, 7) is 3.44. The molecule has 0 bridgehead atoms. The average molecular weight is 267 g/mol. The van der Waals surface area contributed by atoms with E-state index >= 15 is 0 Å². The maximum absolute atomic E-state index is 12.9. The predicted octanol–water partition coefficient (Wildman–Crippen LogP) is 3.03. The molecular weight excluding hydrogens is 252 g/mol. The summed E-state index contributed by atoms with van der Waals surface area (Å²) in [5, 5.41) is 3.12. The summed E-state index contributed by atoms with van der Waals surface area (Å²) in [7, 11) is 0. The fraction of sp³-hybridized carbons (Fsp3) is 0.286. The molecule has 2 rings (SSSR count). The van der Waals surface area contributed by atoms with Gasteiger partial charge in [-0.2, -0.15) is 0 Å².